The Bertz CT molecular complexity index is 177. The molecule has 0 aliphatic heterocycles. The maximum atomic E-state index is 11.0. The topological polar surface area (TPSA) is 46.5 Å². The lowest BCUT2D eigenvalue weighted by atomic mass is 9.89. The van der Waals surface area contributed by atoms with E-state index in [1.807, 2.05) is 0 Å². The Morgan fingerprint density at radius 3 is 2.64 bits per heavy atom. The minimum Gasteiger partial charge on any atom is -0.460 e. The standard InChI is InChI=1S/C10H18O3.CH4/c1-7-4-3-5-9(6-7)13-10(12)8(2)11;/h7-9,11H,3-6H2,1-2H3;1H4. The molecule has 1 aliphatic rings. The molecular formula is C11H22O3. The summed E-state index contributed by atoms with van der Waals surface area (Å²) in [6.07, 6.45) is 3.28. The van der Waals surface area contributed by atoms with E-state index in [-0.39, 0.29) is 13.5 Å². The van der Waals surface area contributed by atoms with E-state index in [4.69, 9.17) is 9.84 Å². The van der Waals surface area contributed by atoms with E-state index in [0.717, 1.165) is 19.3 Å². The van der Waals surface area contributed by atoms with Crippen LogP contribution in [-0.2, 0) is 9.53 Å². The molecule has 1 N–H and O–H groups in total. The minimum absolute atomic E-state index is 0. The van der Waals surface area contributed by atoms with Crippen LogP contribution in [0.5, 0.6) is 0 Å². The summed E-state index contributed by atoms with van der Waals surface area (Å²) < 4.78 is 5.13. The van der Waals surface area contributed by atoms with Crippen LogP contribution in [0.1, 0.15) is 47.0 Å². The van der Waals surface area contributed by atoms with Crippen molar-refractivity contribution >= 4 is 5.97 Å². The van der Waals surface area contributed by atoms with Gasteiger partial charge in [-0.15, -0.1) is 0 Å². The van der Waals surface area contributed by atoms with Crippen molar-refractivity contribution < 1.29 is 14.6 Å². The first-order valence-electron chi connectivity index (χ1n) is 4.98. The van der Waals surface area contributed by atoms with Gasteiger partial charge in [0.05, 0.1) is 0 Å². The maximum Gasteiger partial charge on any atom is 0.334 e. The summed E-state index contributed by atoms with van der Waals surface area (Å²) in [5.74, 6) is 0.152. The van der Waals surface area contributed by atoms with Crippen LogP contribution in [0, 0.1) is 5.92 Å². The molecule has 0 aromatic rings. The Kier molecular flexibility index (Phi) is 5.77. The highest BCUT2D eigenvalue weighted by Gasteiger charge is 2.23. The van der Waals surface area contributed by atoms with E-state index in [1.165, 1.54) is 13.3 Å². The molecule has 3 nitrogen and oxygen atoms in total. The van der Waals surface area contributed by atoms with Crippen LogP contribution in [0.3, 0.4) is 0 Å². The maximum absolute atomic E-state index is 11.0. The smallest absolute Gasteiger partial charge is 0.334 e. The summed E-state index contributed by atoms with van der Waals surface area (Å²) in [4.78, 5) is 11.0. The number of hydrogen-bond donors (Lipinski definition) is 1. The number of hydrogen-bond acceptors (Lipinski definition) is 3. The molecule has 1 aliphatic carbocycles. The zero-order valence-corrected chi connectivity index (χ0v) is 8.32. The zero-order chi connectivity index (χ0) is 9.84. The fourth-order valence-corrected chi connectivity index (χ4v) is 1.75. The van der Waals surface area contributed by atoms with E-state index in [2.05, 4.69) is 6.92 Å². The second kappa shape index (κ2) is 6.02. The highest BCUT2D eigenvalue weighted by atomic mass is 16.6. The van der Waals surface area contributed by atoms with Gasteiger partial charge in [0.2, 0.25) is 0 Å². The Labute approximate surface area is 86.5 Å². The second-order valence-electron chi connectivity index (χ2n) is 4.01. The number of rotatable bonds is 2. The molecule has 0 aromatic carbocycles. The van der Waals surface area contributed by atoms with Gasteiger partial charge in [-0.25, -0.2) is 4.79 Å². The third-order valence-corrected chi connectivity index (χ3v) is 2.51. The van der Waals surface area contributed by atoms with E-state index < -0.39 is 12.1 Å². The highest BCUT2D eigenvalue weighted by molar-refractivity contribution is 5.73. The summed E-state index contributed by atoms with van der Waals surface area (Å²) in [5.41, 5.74) is 0. The van der Waals surface area contributed by atoms with Crippen LogP contribution in [0.4, 0.5) is 0 Å². The van der Waals surface area contributed by atoms with Crippen LogP contribution in [0.15, 0.2) is 0 Å². The quantitative estimate of drug-likeness (QED) is 0.698. The molecular weight excluding hydrogens is 180 g/mol. The molecule has 1 rings (SSSR count). The molecule has 14 heavy (non-hydrogen) atoms. The fraction of sp³-hybridized carbons (Fsp3) is 0.909. The number of carbonyl (C=O) groups is 1. The van der Waals surface area contributed by atoms with E-state index in [1.54, 1.807) is 0 Å². The molecule has 3 unspecified atom stereocenters. The second-order valence-corrected chi connectivity index (χ2v) is 4.01. The van der Waals surface area contributed by atoms with Crippen LogP contribution in [0.25, 0.3) is 0 Å². The first kappa shape index (κ1) is 13.4. The molecule has 0 bridgehead atoms. The Hall–Kier alpha value is -0.570. The van der Waals surface area contributed by atoms with Crippen LogP contribution in [0.2, 0.25) is 0 Å². The Morgan fingerprint density at radius 1 is 1.50 bits per heavy atom. The van der Waals surface area contributed by atoms with Crippen molar-refractivity contribution in [3.8, 4) is 0 Å². The largest absolute Gasteiger partial charge is 0.460 e. The SMILES string of the molecule is C.CC1CCCC(OC(=O)C(C)O)C1. The van der Waals surface area contributed by atoms with Gasteiger partial charge in [0.1, 0.15) is 12.2 Å². The normalized spacial score (nSPS) is 28.8. The molecule has 1 fully saturated rings. The van der Waals surface area contributed by atoms with Crippen LogP contribution < -0.4 is 0 Å². The Balaban J connectivity index is 0.00000169. The summed E-state index contributed by atoms with van der Waals surface area (Å²) in [7, 11) is 0. The van der Waals surface area contributed by atoms with Gasteiger partial charge in [0, 0.05) is 0 Å². The number of aliphatic hydroxyl groups is 1. The molecule has 0 spiro atoms. The highest BCUT2D eigenvalue weighted by Crippen LogP contribution is 2.25. The van der Waals surface area contributed by atoms with Gasteiger partial charge in [-0.1, -0.05) is 20.8 Å². The molecule has 0 radical (unpaired) electrons. The van der Waals surface area contributed by atoms with E-state index in [0.29, 0.717) is 5.92 Å². The number of ether oxygens (including phenoxy) is 1. The van der Waals surface area contributed by atoms with Crippen molar-refractivity contribution in [2.75, 3.05) is 0 Å². The lowest BCUT2D eigenvalue weighted by Gasteiger charge is -2.26. The first-order valence-corrected chi connectivity index (χ1v) is 4.98. The van der Waals surface area contributed by atoms with Crippen molar-refractivity contribution in [1.82, 2.24) is 0 Å². The van der Waals surface area contributed by atoms with Gasteiger partial charge < -0.3 is 9.84 Å². The monoisotopic (exact) mass is 202 g/mol. The number of esters is 1. The number of carbonyl (C=O) groups excluding carboxylic acids is 1. The predicted octanol–water partition coefficient (Wildman–Crippen LogP) is 2.13. The van der Waals surface area contributed by atoms with Gasteiger partial charge in [-0.2, -0.15) is 0 Å². The molecule has 84 valence electrons. The lowest BCUT2D eigenvalue weighted by molar-refractivity contribution is -0.160. The molecule has 0 amide bonds. The molecule has 0 aromatic heterocycles. The number of aliphatic hydroxyl groups excluding tert-OH is 1. The van der Waals surface area contributed by atoms with Gasteiger partial charge in [-0.3, -0.25) is 0 Å². The van der Waals surface area contributed by atoms with Crippen LogP contribution in [-0.4, -0.2) is 23.3 Å². The van der Waals surface area contributed by atoms with Crippen LogP contribution >= 0.6 is 0 Å². The summed E-state index contributed by atoms with van der Waals surface area (Å²) in [5, 5.41) is 8.94. The minimum atomic E-state index is -0.989. The molecule has 0 saturated heterocycles. The van der Waals surface area contributed by atoms with Crippen molar-refractivity contribution in [3.63, 3.8) is 0 Å². The van der Waals surface area contributed by atoms with Gasteiger partial charge >= 0.3 is 5.97 Å². The summed E-state index contributed by atoms with van der Waals surface area (Å²) >= 11 is 0. The average molecular weight is 202 g/mol. The average Bonchev–Trinajstić information content (AvgIpc) is 2.04. The van der Waals surface area contributed by atoms with Gasteiger partial charge in [-0.05, 0) is 32.1 Å². The molecule has 0 heterocycles. The third-order valence-electron chi connectivity index (χ3n) is 2.51. The van der Waals surface area contributed by atoms with E-state index >= 15 is 0 Å². The molecule has 3 atom stereocenters. The van der Waals surface area contributed by atoms with Crippen molar-refractivity contribution in [2.45, 2.75) is 59.2 Å². The summed E-state index contributed by atoms with van der Waals surface area (Å²) in [6, 6.07) is 0. The molecule has 1 saturated carbocycles. The van der Waals surface area contributed by atoms with Crippen molar-refractivity contribution in [2.24, 2.45) is 5.92 Å². The van der Waals surface area contributed by atoms with E-state index in [9.17, 15) is 4.79 Å². The van der Waals surface area contributed by atoms with Gasteiger partial charge in [0.25, 0.3) is 0 Å². The first-order chi connectivity index (χ1) is 6.09. The predicted molar refractivity (Wildman–Crippen MR) is 55.9 cm³/mol. The fourth-order valence-electron chi connectivity index (χ4n) is 1.75. The van der Waals surface area contributed by atoms with Gasteiger partial charge in [0.15, 0.2) is 0 Å². The van der Waals surface area contributed by atoms with Crippen molar-refractivity contribution in [1.29, 1.82) is 0 Å². The lowest BCUT2D eigenvalue weighted by Crippen LogP contribution is -2.29. The third kappa shape index (κ3) is 4.09. The Morgan fingerprint density at radius 2 is 2.14 bits per heavy atom. The van der Waals surface area contributed by atoms with Crippen molar-refractivity contribution in [3.05, 3.63) is 0 Å². The summed E-state index contributed by atoms with van der Waals surface area (Å²) in [6.45, 7) is 3.61. The molecule has 3 heteroatoms. The zero-order valence-electron chi connectivity index (χ0n) is 8.32.